The number of amides is 1. The molecule has 0 spiro atoms. The number of carbonyl (C=O) groups excluding carboxylic acids is 1. The van der Waals surface area contributed by atoms with Crippen molar-refractivity contribution < 1.29 is 22.2 Å². The van der Waals surface area contributed by atoms with Gasteiger partial charge in [-0.2, -0.15) is 8.42 Å². The summed E-state index contributed by atoms with van der Waals surface area (Å²) in [4.78, 5) is 28.0. The number of carbonyl (C=O) groups is 1. The van der Waals surface area contributed by atoms with Crippen LogP contribution < -0.4 is 16.1 Å². The molecule has 1 fully saturated rings. The zero-order chi connectivity index (χ0) is 30.8. The second-order valence-corrected chi connectivity index (χ2v) is 11.3. The zero-order valence-corrected chi connectivity index (χ0v) is 24.6. The molecule has 14 heteroatoms. The summed E-state index contributed by atoms with van der Waals surface area (Å²) in [6.45, 7) is 4.68. The van der Waals surface area contributed by atoms with Gasteiger partial charge in [0.25, 0.3) is 16.0 Å². The van der Waals surface area contributed by atoms with Gasteiger partial charge in [-0.1, -0.05) is 12.1 Å². The molecular weight excluding hydrogens is 575 g/mol. The monoisotopic (exact) mass is 608 g/mol. The van der Waals surface area contributed by atoms with Gasteiger partial charge in [0.1, 0.15) is 5.82 Å². The lowest BCUT2D eigenvalue weighted by molar-refractivity contribution is 0.102. The number of benzene rings is 2. The summed E-state index contributed by atoms with van der Waals surface area (Å²) in [5, 5.41) is 7.95. The molecule has 0 atom stereocenters. The summed E-state index contributed by atoms with van der Waals surface area (Å²) in [6, 6.07) is 17.2. The molecule has 1 saturated heterocycles. The van der Waals surface area contributed by atoms with Crippen LogP contribution in [-0.2, 0) is 16.7 Å². The highest BCUT2D eigenvalue weighted by Gasteiger charge is 2.14. The van der Waals surface area contributed by atoms with E-state index >= 15 is 0 Å². The molecule has 226 valence electrons. The van der Waals surface area contributed by atoms with Gasteiger partial charge in [0.05, 0.1) is 17.6 Å². The number of pyridine rings is 1. The maximum atomic E-state index is 14.5. The molecule has 1 aliphatic rings. The molecule has 4 N–H and O–H groups in total. The van der Waals surface area contributed by atoms with Crippen molar-refractivity contribution in [2.75, 3.05) is 50.1 Å². The number of anilines is 3. The Hall–Kier alpha value is -4.34. The Labute approximate surface area is 249 Å². The van der Waals surface area contributed by atoms with E-state index in [2.05, 4.69) is 48.0 Å². The van der Waals surface area contributed by atoms with Gasteiger partial charge in [-0.3, -0.25) is 19.8 Å². The number of likely N-dealkylation sites (N-methyl/N-ethyl adjacent to an activating group) is 1. The fourth-order valence-electron chi connectivity index (χ4n) is 4.06. The first-order chi connectivity index (χ1) is 20.5. The lowest BCUT2D eigenvalue weighted by Gasteiger charge is -2.32. The summed E-state index contributed by atoms with van der Waals surface area (Å²) in [5.74, 6) is -0.590. The van der Waals surface area contributed by atoms with Crippen molar-refractivity contribution in [1.82, 2.24) is 30.3 Å². The second-order valence-electron chi connectivity index (χ2n) is 9.84. The molecular formula is C29H33FN8O4S. The van der Waals surface area contributed by atoms with E-state index in [1.165, 1.54) is 12.1 Å². The van der Waals surface area contributed by atoms with Gasteiger partial charge in [-0.05, 0) is 61.1 Å². The van der Waals surface area contributed by atoms with Crippen LogP contribution in [0, 0.1) is 5.82 Å². The van der Waals surface area contributed by atoms with E-state index in [1.807, 2.05) is 24.3 Å². The lowest BCUT2D eigenvalue weighted by Crippen LogP contribution is -2.50. The van der Waals surface area contributed by atoms with Crippen molar-refractivity contribution in [1.29, 1.82) is 0 Å². The molecule has 0 radical (unpaired) electrons. The molecule has 1 aliphatic heterocycles. The van der Waals surface area contributed by atoms with Crippen LogP contribution >= 0.6 is 0 Å². The number of nitrogens with one attached hydrogen (secondary N) is 3. The normalized spacial score (nSPS) is 14.0. The van der Waals surface area contributed by atoms with Gasteiger partial charge in [-0.15, -0.1) is 0 Å². The van der Waals surface area contributed by atoms with Crippen LogP contribution in [0.3, 0.4) is 0 Å². The molecule has 1 amide bonds. The molecule has 2 aromatic heterocycles. The molecule has 0 saturated carbocycles. The molecule has 3 heterocycles. The number of piperazine rings is 1. The summed E-state index contributed by atoms with van der Waals surface area (Å²) in [6.07, 6.45) is 5.76. The molecule has 0 bridgehead atoms. The van der Waals surface area contributed by atoms with E-state index in [1.54, 1.807) is 42.9 Å². The van der Waals surface area contributed by atoms with E-state index in [-0.39, 0.29) is 5.69 Å². The second kappa shape index (κ2) is 14.7. The van der Waals surface area contributed by atoms with Gasteiger partial charge < -0.3 is 15.5 Å². The van der Waals surface area contributed by atoms with Crippen molar-refractivity contribution >= 4 is 33.3 Å². The Bertz CT molecular complexity index is 1610. The number of hydrazine groups is 1. The Morgan fingerprint density at radius 3 is 2.42 bits per heavy atom. The topological polar surface area (TPSA) is 153 Å². The maximum Gasteiger partial charge on any atom is 0.261 e. The molecule has 0 aliphatic carbocycles. The largest absolute Gasteiger partial charge is 0.324 e. The Kier molecular flexibility index (Phi) is 10.8. The Morgan fingerprint density at radius 2 is 1.74 bits per heavy atom. The number of halogens is 1. The van der Waals surface area contributed by atoms with Crippen LogP contribution in [0.5, 0.6) is 0 Å². The summed E-state index contributed by atoms with van der Waals surface area (Å²) in [5.41, 5.74) is 7.09. The maximum absolute atomic E-state index is 14.5. The van der Waals surface area contributed by atoms with Gasteiger partial charge in [0.15, 0.2) is 0 Å². The van der Waals surface area contributed by atoms with Crippen molar-refractivity contribution in [3.63, 3.8) is 0 Å². The molecule has 4 aromatic rings. The van der Waals surface area contributed by atoms with Gasteiger partial charge in [0, 0.05) is 68.1 Å². The van der Waals surface area contributed by atoms with E-state index in [4.69, 9.17) is 4.55 Å². The van der Waals surface area contributed by atoms with Crippen LogP contribution in [0.2, 0.25) is 0 Å². The standard InChI is InChI=1S/C28H29FN8O.CH4O3S/c1-36-13-15-37(16-14-36)32-18-20-4-6-21(7-5-20)27(38)34-26-17-23(8-9-24(26)29)33-28-31-12-10-25(35-28)22-3-2-11-30-19-22;1-5(2,3)4/h2-12,17,19,32H,13-16,18H2,1H3,(H,34,38)(H,31,33,35);1H3,(H,2,3,4). The van der Waals surface area contributed by atoms with Crippen molar-refractivity contribution in [2.24, 2.45) is 0 Å². The van der Waals surface area contributed by atoms with Crippen LogP contribution in [0.4, 0.5) is 21.7 Å². The molecule has 5 rings (SSSR count). The minimum atomic E-state index is -3.67. The number of aromatic nitrogens is 3. The number of nitrogens with zero attached hydrogens (tertiary/aromatic N) is 5. The van der Waals surface area contributed by atoms with E-state index in [0.717, 1.165) is 37.3 Å². The van der Waals surface area contributed by atoms with Crippen LogP contribution in [0.25, 0.3) is 11.3 Å². The molecule has 2 aromatic carbocycles. The van der Waals surface area contributed by atoms with Gasteiger partial charge in [0.2, 0.25) is 5.95 Å². The molecule has 12 nitrogen and oxygen atoms in total. The number of hydrogen-bond acceptors (Lipinski definition) is 10. The first kappa shape index (κ1) is 31.6. The Balaban J connectivity index is 0.000000782. The average Bonchev–Trinajstić information content (AvgIpc) is 2.98. The highest BCUT2D eigenvalue weighted by atomic mass is 32.2. The zero-order valence-electron chi connectivity index (χ0n) is 23.7. The fourth-order valence-corrected chi connectivity index (χ4v) is 4.06. The van der Waals surface area contributed by atoms with Crippen LogP contribution in [-0.4, -0.2) is 83.2 Å². The summed E-state index contributed by atoms with van der Waals surface area (Å²) >= 11 is 0. The first-order valence-electron chi connectivity index (χ1n) is 13.3. The van der Waals surface area contributed by atoms with Crippen molar-refractivity contribution in [3.8, 4) is 11.3 Å². The first-order valence-corrected chi connectivity index (χ1v) is 15.2. The number of rotatable bonds is 8. The number of hydrogen-bond donors (Lipinski definition) is 4. The smallest absolute Gasteiger partial charge is 0.261 e. The van der Waals surface area contributed by atoms with Crippen LogP contribution in [0.15, 0.2) is 79.3 Å². The third-order valence-electron chi connectivity index (χ3n) is 6.31. The predicted octanol–water partition coefficient (Wildman–Crippen LogP) is 3.43. The summed E-state index contributed by atoms with van der Waals surface area (Å²) < 4.78 is 40.4. The highest BCUT2D eigenvalue weighted by Crippen LogP contribution is 2.24. The third kappa shape index (κ3) is 10.5. The molecule has 0 unspecified atom stereocenters. The molecule has 43 heavy (non-hydrogen) atoms. The van der Waals surface area contributed by atoms with Gasteiger partial charge >= 0.3 is 0 Å². The SMILES string of the molecule is CN1CCN(NCc2ccc(C(=O)Nc3cc(Nc4nccc(-c5cccnc5)n4)ccc3F)cc2)CC1.CS(=O)(=O)O. The van der Waals surface area contributed by atoms with Gasteiger partial charge in [-0.25, -0.2) is 19.4 Å². The van der Waals surface area contributed by atoms with Crippen LogP contribution in [0.1, 0.15) is 15.9 Å². The average molecular weight is 609 g/mol. The third-order valence-corrected chi connectivity index (χ3v) is 6.31. The quantitative estimate of drug-likeness (QED) is 0.218. The minimum absolute atomic E-state index is 0.0595. The van der Waals surface area contributed by atoms with E-state index in [0.29, 0.717) is 35.7 Å². The van der Waals surface area contributed by atoms with E-state index < -0.39 is 21.8 Å². The van der Waals surface area contributed by atoms with Crippen molar-refractivity contribution in [2.45, 2.75) is 6.54 Å². The summed E-state index contributed by atoms with van der Waals surface area (Å²) in [7, 11) is -1.54. The van der Waals surface area contributed by atoms with Crippen molar-refractivity contribution in [3.05, 3.63) is 96.2 Å². The fraction of sp³-hybridized carbons (Fsp3) is 0.241. The lowest BCUT2D eigenvalue weighted by atomic mass is 10.1. The minimum Gasteiger partial charge on any atom is -0.324 e. The highest BCUT2D eigenvalue weighted by molar-refractivity contribution is 7.85. The predicted molar refractivity (Wildman–Crippen MR) is 163 cm³/mol. The van der Waals surface area contributed by atoms with E-state index in [9.17, 15) is 17.6 Å². The Morgan fingerprint density at radius 1 is 1.02 bits per heavy atom.